The Kier molecular flexibility index (Phi) is 2.19. The summed E-state index contributed by atoms with van der Waals surface area (Å²) in [5.41, 5.74) is 2.52. The van der Waals surface area contributed by atoms with E-state index in [0.29, 0.717) is 5.56 Å². The van der Waals surface area contributed by atoms with Crippen LogP contribution in [-0.2, 0) is 0 Å². The van der Waals surface area contributed by atoms with Crippen LogP contribution in [0.1, 0.15) is 10.4 Å². The molecule has 3 N–H and O–H groups in total. The molecule has 17 heavy (non-hydrogen) atoms. The summed E-state index contributed by atoms with van der Waals surface area (Å²) in [4.78, 5) is 17.3. The molecule has 2 aromatic heterocycles. The maximum Gasteiger partial charge on any atom is 0.154 e. The van der Waals surface area contributed by atoms with E-state index in [-0.39, 0.29) is 0 Å². The topological polar surface area (TPSA) is 60.7 Å². The SMILES string of the molecule is O=Cc1c(Nc2cc[nH]c2)[nH]c2ccccc12. The van der Waals surface area contributed by atoms with Crippen LogP contribution >= 0.6 is 0 Å². The van der Waals surface area contributed by atoms with E-state index in [4.69, 9.17) is 0 Å². The number of aromatic amines is 2. The number of anilines is 2. The highest BCUT2D eigenvalue weighted by Gasteiger charge is 2.10. The monoisotopic (exact) mass is 225 g/mol. The van der Waals surface area contributed by atoms with E-state index in [2.05, 4.69) is 15.3 Å². The van der Waals surface area contributed by atoms with Crippen LogP contribution in [0.4, 0.5) is 11.5 Å². The van der Waals surface area contributed by atoms with Crippen molar-refractivity contribution in [2.24, 2.45) is 0 Å². The summed E-state index contributed by atoms with van der Waals surface area (Å²) in [5.74, 6) is 0.723. The van der Waals surface area contributed by atoms with Crippen molar-refractivity contribution >= 4 is 28.7 Å². The number of para-hydroxylation sites is 1. The lowest BCUT2D eigenvalue weighted by Gasteiger charge is -2.00. The van der Waals surface area contributed by atoms with Gasteiger partial charge in [0.25, 0.3) is 0 Å². The number of hydrogen-bond acceptors (Lipinski definition) is 2. The molecule has 4 heteroatoms. The highest BCUT2D eigenvalue weighted by Crippen LogP contribution is 2.26. The van der Waals surface area contributed by atoms with Crippen molar-refractivity contribution < 1.29 is 4.79 Å². The summed E-state index contributed by atoms with van der Waals surface area (Å²) >= 11 is 0. The lowest BCUT2D eigenvalue weighted by molar-refractivity contribution is 0.112. The third-order valence-electron chi connectivity index (χ3n) is 2.73. The van der Waals surface area contributed by atoms with Gasteiger partial charge in [-0.15, -0.1) is 0 Å². The minimum atomic E-state index is 0.654. The molecule has 0 fully saturated rings. The maximum absolute atomic E-state index is 11.2. The Morgan fingerprint density at radius 2 is 2.06 bits per heavy atom. The molecule has 0 bridgehead atoms. The fourth-order valence-electron chi connectivity index (χ4n) is 1.93. The molecule has 4 nitrogen and oxygen atoms in total. The number of rotatable bonds is 3. The molecule has 2 heterocycles. The first-order valence-corrected chi connectivity index (χ1v) is 5.34. The van der Waals surface area contributed by atoms with E-state index in [9.17, 15) is 4.79 Å². The van der Waals surface area contributed by atoms with E-state index >= 15 is 0 Å². The van der Waals surface area contributed by atoms with Crippen molar-refractivity contribution in [1.82, 2.24) is 9.97 Å². The van der Waals surface area contributed by atoms with Gasteiger partial charge in [-0.25, -0.2) is 0 Å². The van der Waals surface area contributed by atoms with E-state index in [1.54, 1.807) is 0 Å². The van der Waals surface area contributed by atoms with Gasteiger partial charge in [0.2, 0.25) is 0 Å². The molecular formula is C13H11N3O. The Morgan fingerprint density at radius 3 is 2.82 bits per heavy atom. The summed E-state index contributed by atoms with van der Waals surface area (Å²) in [6, 6.07) is 9.64. The molecule has 0 atom stereocenters. The summed E-state index contributed by atoms with van der Waals surface area (Å²) < 4.78 is 0. The third-order valence-corrected chi connectivity index (χ3v) is 2.73. The van der Waals surface area contributed by atoms with Crippen LogP contribution in [0.5, 0.6) is 0 Å². The summed E-state index contributed by atoms with van der Waals surface area (Å²) in [7, 11) is 0. The van der Waals surface area contributed by atoms with Gasteiger partial charge in [-0.1, -0.05) is 18.2 Å². The van der Waals surface area contributed by atoms with E-state index in [1.165, 1.54) is 0 Å². The van der Waals surface area contributed by atoms with Gasteiger partial charge < -0.3 is 15.3 Å². The molecule has 0 radical (unpaired) electrons. The number of H-pyrrole nitrogens is 2. The average Bonchev–Trinajstić information content (AvgIpc) is 2.96. The first kappa shape index (κ1) is 9.72. The van der Waals surface area contributed by atoms with Crippen molar-refractivity contribution in [2.75, 3.05) is 5.32 Å². The zero-order valence-electron chi connectivity index (χ0n) is 9.03. The fourth-order valence-corrected chi connectivity index (χ4v) is 1.93. The Hall–Kier alpha value is -2.49. The number of nitrogens with one attached hydrogen (secondary N) is 3. The zero-order valence-corrected chi connectivity index (χ0v) is 9.03. The van der Waals surface area contributed by atoms with Crippen LogP contribution in [0.15, 0.2) is 42.7 Å². The average molecular weight is 225 g/mol. The quantitative estimate of drug-likeness (QED) is 0.600. The first-order chi connectivity index (χ1) is 8.38. The molecule has 84 valence electrons. The number of hydrogen-bond donors (Lipinski definition) is 3. The van der Waals surface area contributed by atoms with Crippen LogP contribution in [0.25, 0.3) is 10.9 Å². The van der Waals surface area contributed by atoms with Crippen molar-refractivity contribution in [3.63, 3.8) is 0 Å². The lowest BCUT2D eigenvalue weighted by atomic mass is 10.2. The molecule has 0 saturated carbocycles. The molecule has 0 aliphatic rings. The molecular weight excluding hydrogens is 214 g/mol. The largest absolute Gasteiger partial charge is 0.366 e. The van der Waals surface area contributed by atoms with E-state index < -0.39 is 0 Å². The zero-order chi connectivity index (χ0) is 11.7. The van der Waals surface area contributed by atoms with Gasteiger partial charge in [0.15, 0.2) is 6.29 Å². The van der Waals surface area contributed by atoms with E-state index in [1.807, 2.05) is 42.7 Å². The smallest absolute Gasteiger partial charge is 0.154 e. The second-order valence-electron chi connectivity index (χ2n) is 3.80. The molecule has 3 rings (SSSR count). The molecule has 3 aromatic rings. The van der Waals surface area contributed by atoms with Gasteiger partial charge in [-0.3, -0.25) is 4.79 Å². The van der Waals surface area contributed by atoms with Gasteiger partial charge in [0.05, 0.1) is 11.3 Å². The van der Waals surface area contributed by atoms with Crippen LogP contribution in [0.3, 0.4) is 0 Å². The molecule has 1 aromatic carbocycles. The summed E-state index contributed by atoms with van der Waals surface area (Å²) in [6.45, 7) is 0. The molecule has 0 spiro atoms. The van der Waals surface area contributed by atoms with Crippen LogP contribution < -0.4 is 5.32 Å². The number of carbonyl (C=O) groups is 1. The van der Waals surface area contributed by atoms with Gasteiger partial charge in [-0.05, 0) is 12.1 Å². The van der Waals surface area contributed by atoms with Gasteiger partial charge in [0.1, 0.15) is 5.82 Å². The van der Waals surface area contributed by atoms with Crippen LogP contribution in [0.2, 0.25) is 0 Å². The lowest BCUT2D eigenvalue weighted by Crippen LogP contribution is -1.92. The number of benzene rings is 1. The first-order valence-electron chi connectivity index (χ1n) is 5.34. The normalized spacial score (nSPS) is 10.6. The van der Waals surface area contributed by atoms with Crippen molar-refractivity contribution in [3.05, 3.63) is 48.3 Å². The predicted molar refractivity (Wildman–Crippen MR) is 67.8 cm³/mol. The highest BCUT2D eigenvalue weighted by atomic mass is 16.1. The Balaban J connectivity index is 2.12. The Bertz CT molecular complexity index is 652. The second kappa shape index (κ2) is 3.83. The minimum absolute atomic E-state index is 0.654. The molecule has 0 aliphatic heterocycles. The van der Waals surface area contributed by atoms with Gasteiger partial charge in [0, 0.05) is 23.3 Å². The number of carbonyl (C=O) groups excluding carboxylic acids is 1. The third kappa shape index (κ3) is 1.59. The molecule has 0 amide bonds. The second-order valence-corrected chi connectivity index (χ2v) is 3.80. The number of fused-ring (bicyclic) bond motifs is 1. The van der Waals surface area contributed by atoms with Crippen LogP contribution in [-0.4, -0.2) is 16.3 Å². The van der Waals surface area contributed by atoms with Gasteiger partial charge in [-0.2, -0.15) is 0 Å². The highest BCUT2D eigenvalue weighted by molar-refractivity contribution is 6.03. The fraction of sp³-hybridized carbons (Fsp3) is 0. The van der Waals surface area contributed by atoms with Crippen molar-refractivity contribution in [3.8, 4) is 0 Å². The van der Waals surface area contributed by atoms with Crippen LogP contribution in [0, 0.1) is 0 Å². The molecule has 0 saturated heterocycles. The standard InChI is InChI=1S/C13H11N3O/c17-8-11-10-3-1-2-4-12(10)16-13(11)15-9-5-6-14-7-9/h1-8,14-16H. The maximum atomic E-state index is 11.2. The Morgan fingerprint density at radius 1 is 1.18 bits per heavy atom. The van der Waals surface area contributed by atoms with Crippen molar-refractivity contribution in [2.45, 2.75) is 0 Å². The summed E-state index contributed by atoms with van der Waals surface area (Å²) in [6.07, 6.45) is 4.53. The molecule has 0 aliphatic carbocycles. The number of aldehydes is 1. The summed E-state index contributed by atoms with van der Waals surface area (Å²) in [5, 5.41) is 4.11. The molecule has 0 unspecified atom stereocenters. The minimum Gasteiger partial charge on any atom is -0.366 e. The predicted octanol–water partition coefficient (Wildman–Crippen LogP) is 3.05. The van der Waals surface area contributed by atoms with Gasteiger partial charge >= 0.3 is 0 Å². The Labute approximate surface area is 97.7 Å². The number of aromatic nitrogens is 2. The van der Waals surface area contributed by atoms with E-state index in [0.717, 1.165) is 28.7 Å². The van der Waals surface area contributed by atoms with Crippen molar-refractivity contribution in [1.29, 1.82) is 0 Å².